The highest BCUT2D eigenvalue weighted by Crippen LogP contribution is 2.19. The van der Waals surface area contributed by atoms with Crippen LogP contribution >= 0.6 is 0 Å². The molecule has 0 aliphatic carbocycles. The van der Waals surface area contributed by atoms with Crippen LogP contribution in [0.2, 0.25) is 0 Å². The van der Waals surface area contributed by atoms with Crippen molar-refractivity contribution in [2.75, 3.05) is 25.6 Å². The summed E-state index contributed by atoms with van der Waals surface area (Å²) in [5.74, 6) is -1.01. The highest BCUT2D eigenvalue weighted by Gasteiger charge is 2.12. The maximum atomic E-state index is 11.5. The molecular weight excluding hydrogens is 248 g/mol. The lowest BCUT2D eigenvalue weighted by Gasteiger charge is -2.11. The maximum absolute atomic E-state index is 11.5. The van der Waals surface area contributed by atoms with Crippen LogP contribution in [0.15, 0.2) is 12.1 Å². The van der Waals surface area contributed by atoms with E-state index in [1.807, 2.05) is 0 Å². The second-order valence-corrected chi connectivity index (χ2v) is 4.14. The zero-order chi connectivity index (χ0) is 14.4. The van der Waals surface area contributed by atoms with Gasteiger partial charge in [-0.2, -0.15) is 0 Å². The molecule has 2 amide bonds. The van der Waals surface area contributed by atoms with Crippen molar-refractivity contribution in [3.63, 3.8) is 0 Å². The average molecular weight is 266 g/mol. The van der Waals surface area contributed by atoms with Gasteiger partial charge in [-0.15, -0.1) is 0 Å². The summed E-state index contributed by atoms with van der Waals surface area (Å²) in [5.41, 5.74) is 2.15. The van der Waals surface area contributed by atoms with Crippen LogP contribution in [0, 0.1) is 13.8 Å². The van der Waals surface area contributed by atoms with Crippen molar-refractivity contribution in [3.8, 4) is 0 Å². The molecule has 0 aliphatic rings. The summed E-state index contributed by atoms with van der Waals surface area (Å²) in [6.07, 6.45) is 0. The number of carbonyl (C=O) groups excluding carboxylic acids is 1. The fourth-order valence-electron chi connectivity index (χ4n) is 1.60. The Morgan fingerprint density at radius 3 is 2.58 bits per heavy atom. The Bertz CT molecular complexity index is 486. The Morgan fingerprint density at radius 2 is 2.00 bits per heavy atom. The summed E-state index contributed by atoms with van der Waals surface area (Å²) < 4.78 is 4.81. The lowest BCUT2D eigenvalue weighted by atomic mass is 10.0. The van der Waals surface area contributed by atoms with Gasteiger partial charge in [-0.25, -0.2) is 9.59 Å². The van der Waals surface area contributed by atoms with E-state index in [-0.39, 0.29) is 5.56 Å². The van der Waals surface area contributed by atoms with Crippen LogP contribution in [0.3, 0.4) is 0 Å². The molecule has 0 spiro atoms. The third kappa shape index (κ3) is 4.26. The second-order valence-electron chi connectivity index (χ2n) is 4.14. The molecule has 0 radical (unpaired) electrons. The van der Waals surface area contributed by atoms with Crippen molar-refractivity contribution in [2.45, 2.75) is 13.8 Å². The van der Waals surface area contributed by atoms with Gasteiger partial charge >= 0.3 is 12.0 Å². The van der Waals surface area contributed by atoms with E-state index in [4.69, 9.17) is 9.84 Å². The first kappa shape index (κ1) is 15.0. The van der Waals surface area contributed by atoms with Gasteiger partial charge in [0.25, 0.3) is 0 Å². The standard InChI is InChI=1S/C13H18N2O4/c1-8-6-10(7-11(9(8)2)12(16)17)15-13(18)14-4-5-19-3/h6-7H,4-5H2,1-3H3,(H,16,17)(H2,14,15,18). The highest BCUT2D eigenvalue weighted by atomic mass is 16.5. The summed E-state index contributed by atoms with van der Waals surface area (Å²) in [6.45, 7) is 4.34. The van der Waals surface area contributed by atoms with Gasteiger partial charge in [0.05, 0.1) is 12.2 Å². The van der Waals surface area contributed by atoms with Gasteiger partial charge in [0.15, 0.2) is 0 Å². The minimum absolute atomic E-state index is 0.187. The third-order valence-electron chi connectivity index (χ3n) is 2.75. The number of aryl methyl sites for hydroxylation is 1. The van der Waals surface area contributed by atoms with Crippen LogP contribution in [0.4, 0.5) is 10.5 Å². The Kier molecular flexibility index (Phi) is 5.32. The van der Waals surface area contributed by atoms with E-state index in [9.17, 15) is 9.59 Å². The minimum Gasteiger partial charge on any atom is -0.478 e. The van der Waals surface area contributed by atoms with Crippen molar-refractivity contribution in [2.24, 2.45) is 0 Å². The summed E-state index contributed by atoms with van der Waals surface area (Å²) in [7, 11) is 1.54. The molecule has 3 N–H and O–H groups in total. The second kappa shape index (κ2) is 6.75. The van der Waals surface area contributed by atoms with Gasteiger partial charge in [-0.1, -0.05) is 0 Å². The molecule has 1 aromatic rings. The molecule has 6 nitrogen and oxygen atoms in total. The Balaban J connectivity index is 2.79. The summed E-state index contributed by atoms with van der Waals surface area (Å²) in [4.78, 5) is 22.6. The van der Waals surface area contributed by atoms with E-state index in [2.05, 4.69) is 10.6 Å². The van der Waals surface area contributed by atoms with Gasteiger partial charge in [0.2, 0.25) is 0 Å². The molecule has 19 heavy (non-hydrogen) atoms. The van der Waals surface area contributed by atoms with Gasteiger partial charge in [-0.05, 0) is 37.1 Å². The van der Waals surface area contributed by atoms with E-state index in [1.54, 1.807) is 27.0 Å². The number of carbonyl (C=O) groups is 2. The van der Waals surface area contributed by atoms with Crippen LogP contribution in [0.1, 0.15) is 21.5 Å². The fourth-order valence-corrected chi connectivity index (χ4v) is 1.60. The lowest BCUT2D eigenvalue weighted by Crippen LogP contribution is -2.31. The zero-order valence-electron chi connectivity index (χ0n) is 11.2. The molecule has 0 fully saturated rings. The topological polar surface area (TPSA) is 87.7 Å². The van der Waals surface area contributed by atoms with E-state index < -0.39 is 12.0 Å². The molecule has 0 heterocycles. The number of aromatic carboxylic acids is 1. The van der Waals surface area contributed by atoms with E-state index in [1.165, 1.54) is 6.07 Å². The van der Waals surface area contributed by atoms with Gasteiger partial charge in [0, 0.05) is 19.3 Å². The monoisotopic (exact) mass is 266 g/mol. The van der Waals surface area contributed by atoms with Crippen LogP contribution < -0.4 is 10.6 Å². The molecular formula is C13H18N2O4. The largest absolute Gasteiger partial charge is 0.478 e. The first-order chi connectivity index (χ1) is 8.95. The van der Waals surface area contributed by atoms with Gasteiger partial charge < -0.3 is 20.5 Å². The normalized spacial score (nSPS) is 10.1. The molecule has 0 bridgehead atoms. The molecule has 1 rings (SSSR count). The smallest absolute Gasteiger partial charge is 0.336 e. The predicted octanol–water partition coefficient (Wildman–Crippen LogP) is 1.77. The summed E-state index contributed by atoms with van der Waals surface area (Å²) in [5, 5.41) is 14.3. The van der Waals surface area contributed by atoms with E-state index >= 15 is 0 Å². The molecule has 6 heteroatoms. The maximum Gasteiger partial charge on any atom is 0.336 e. The Hall–Kier alpha value is -2.08. The quantitative estimate of drug-likeness (QED) is 0.709. The fraction of sp³-hybridized carbons (Fsp3) is 0.385. The number of benzene rings is 1. The number of amides is 2. The number of rotatable bonds is 5. The number of urea groups is 1. The average Bonchev–Trinajstić information content (AvgIpc) is 2.33. The number of ether oxygens (including phenoxy) is 1. The van der Waals surface area contributed by atoms with E-state index in [0.29, 0.717) is 24.4 Å². The number of hydrogen-bond donors (Lipinski definition) is 3. The molecule has 0 saturated heterocycles. The highest BCUT2D eigenvalue weighted by molar-refractivity contribution is 5.94. The number of carboxylic acids is 1. The molecule has 0 aromatic heterocycles. The van der Waals surface area contributed by atoms with Crippen LogP contribution in [-0.4, -0.2) is 37.4 Å². The zero-order valence-corrected chi connectivity index (χ0v) is 11.2. The van der Waals surface area contributed by atoms with Gasteiger partial charge in [0.1, 0.15) is 0 Å². The van der Waals surface area contributed by atoms with E-state index in [0.717, 1.165) is 5.56 Å². The molecule has 1 aromatic carbocycles. The Labute approximate surface area is 111 Å². The predicted molar refractivity (Wildman–Crippen MR) is 71.8 cm³/mol. The number of nitrogens with one attached hydrogen (secondary N) is 2. The number of anilines is 1. The molecule has 0 saturated carbocycles. The summed E-state index contributed by atoms with van der Waals surface area (Å²) in [6, 6.07) is 2.79. The third-order valence-corrected chi connectivity index (χ3v) is 2.75. The van der Waals surface area contributed by atoms with Crippen molar-refractivity contribution in [3.05, 3.63) is 28.8 Å². The molecule has 0 atom stereocenters. The first-order valence-electron chi connectivity index (χ1n) is 5.84. The molecule has 0 aliphatic heterocycles. The van der Waals surface area contributed by atoms with Crippen LogP contribution in [0.5, 0.6) is 0 Å². The van der Waals surface area contributed by atoms with Crippen molar-refractivity contribution < 1.29 is 19.4 Å². The number of carboxylic acid groups (broad SMARTS) is 1. The van der Waals surface area contributed by atoms with Gasteiger partial charge in [-0.3, -0.25) is 0 Å². The van der Waals surface area contributed by atoms with Crippen molar-refractivity contribution in [1.29, 1.82) is 0 Å². The first-order valence-corrected chi connectivity index (χ1v) is 5.84. The number of methoxy groups -OCH3 is 1. The lowest BCUT2D eigenvalue weighted by molar-refractivity contribution is 0.0696. The van der Waals surface area contributed by atoms with Crippen molar-refractivity contribution >= 4 is 17.7 Å². The van der Waals surface area contributed by atoms with Crippen LogP contribution in [0.25, 0.3) is 0 Å². The van der Waals surface area contributed by atoms with Crippen LogP contribution in [-0.2, 0) is 4.74 Å². The Morgan fingerprint density at radius 1 is 1.32 bits per heavy atom. The SMILES string of the molecule is COCCNC(=O)Nc1cc(C)c(C)c(C(=O)O)c1. The minimum atomic E-state index is -1.01. The summed E-state index contributed by atoms with van der Waals surface area (Å²) >= 11 is 0. The van der Waals surface area contributed by atoms with Crippen molar-refractivity contribution in [1.82, 2.24) is 5.32 Å². The molecule has 0 unspecified atom stereocenters. The number of hydrogen-bond acceptors (Lipinski definition) is 3. The molecule has 104 valence electrons.